The zero-order valence-electron chi connectivity index (χ0n) is 17.2. The van der Waals surface area contributed by atoms with Crippen molar-refractivity contribution < 1.29 is 57.4 Å². The van der Waals surface area contributed by atoms with Crippen LogP contribution in [-0.4, -0.2) is 86.0 Å². The molecule has 2 fully saturated rings. The van der Waals surface area contributed by atoms with E-state index < -0.39 is 74.9 Å². The third-order valence-corrected chi connectivity index (χ3v) is 5.84. The summed E-state index contributed by atoms with van der Waals surface area (Å²) >= 11 is 0. The Morgan fingerprint density at radius 3 is 1.21 bits per heavy atom. The van der Waals surface area contributed by atoms with Crippen molar-refractivity contribution in [2.24, 2.45) is 11.8 Å². The molecule has 0 aliphatic carbocycles. The fourth-order valence-electron chi connectivity index (χ4n) is 4.09. The van der Waals surface area contributed by atoms with Crippen LogP contribution in [0, 0.1) is 11.8 Å². The van der Waals surface area contributed by atoms with Gasteiger partial charge in [0.15, 0.2) is 12.2 Å². The molecule has 15 heteroatoms. The van der Waals surface area contributed by atoms with Gasteiger partial charge in [0.05, 0.1) is 11.8 Å². The summed E-state index contributed by atoms with van der Waals surface area (Å²) in [6, 6.07) is 0. The molecule has 0 radical (unpaired) electrons. The molecule has 4 atom stereocenters. The summed E-state index contributed by atoms with van der Waals surface area (Å²) in [5, 5.41) is 0. The maximum absolute atomic E-state index is 13.4. The largest absolute Gasteiger partial charge is 0.415 e. The number of piperidine rings is 2. The third kappa shape index (κ3) is 8.64. The topological polar surface area (TPSA) is 15.7 Å². The van der Waals surface area contributed by atoms with Crippen LogP contribution in [0.25, 0.3) is 0 Å². The highest BCUT2D eigenvalue weighted by Gasteiger charge is 2.51. The van der Waals surface area contributed by atoms with Crippen LogP contribution >= 0.6 is 0 Å². The van der Waals surface area contributed by atoms with Gasteiger partial charge in [-0.3, -0.25) is 9.80 Å². The standard InChI is InChI=1S/C18H24F12N2O/c19-15(20,21)11-3-1-5-31(7-11)9-13(17(25,26)27)33-14(18(28,29)30)10-32-6-2-4-12(8-32)16(22,23)24/h11-14H,1-10H2. The summed E-state index contributed by atoms with van der Waals surface area (Å²) in [4.78, 5) is 1.52. The van der Waals surface area contributed by atoms with Crippen molar-refractivity contribution in [2.45, 2.75) is 62.6 Å². The Labute approximate surface area is 182 Å². The van der Waals surface area contributed by atoms with E-state index in [4.69, 9.17) is 0 Å². The highest BCUT2D eigenvalue weighted by atomic mass is 19.4. The fourth-order valence-corrected chi connectivity index (χ4v) is 4.09. The first-order chi connectivity index (χ1) is 14.9. The molecule has 2 rings (SSSR count). The summed E-state index contributed by atoms with van der Waals surface area (Å²) in [7, 11) is 0. The number of hydrogen-bond acceptors (Lipinski definition) is 3. The molecule has 2 heterocycles. The summed E-state index contributed by atoms with van der Waals surface area (Å²) in [5.41, 5.74) is 0. The van der Waals surface area contributed by atoms with Crippen molar-refractivity contribution in [1.29, 1.82) is 0 Å². The van der Waals surface area contributed by atoms with Crippen molar-refractivity contribution in [1.82, 2.24) is 9.80 Å². The summed E-state index contributed by atoms with van der Waals surface area (Å²) in [6.07, 6.45) is -26.9. The Kier molecular flexibility index (Phi) is 8.86. The van der Waals surface area contributed by atoms with Gasteiger partial charge in [0.25, 0.3) is 0 Å². The van der Waals surface area contributed by atoms with Gasteiger partial charge >= 0.3 is 24.7 Å². The normalized spacial score (nSPS) is 26.9. The minimum absolute atomic E-state index is 0.0932. The second-order valence-electron chi connectivity index (χ2n) is 8.48. The second kappa shape index (κ2) is 10.3. The van der Waals surface area contributed by atoms with Crippen LogP contribution in [0.1, 0.15) is 25.7 Å². The maximum Gasteiger partial charge on any atom is 0.415 e. The number of hydrogen-bond donors (Lipinski definition) is 0. The van der Waals surface area contributed by atoms with E-state index in [-0.39, 0.29) is 38.8 Å². The Morgan fingerprint density at radius 1 is 0.606 bits per heavy atom. The summed E-state index contributed by atoms with van der Waals surface area (Å²) in [6.45, 7) is -4.47. The molecule has 0 aromatic rings. The van der Waals surface area contributed by atoms with Crippen LogP contribution in [0.5, 0.6) is 0 Å². The van der Waals surface area contributed by atoms with Crippen LogP contribution in [0.15, 0.2) is 0 Å². The van der Waals surface area contributed by atoms with E-state index in [1.807, 2.05) is 0 Å². The SMILES string of the molecule is FC(F)(F)C1CCCN(CC(OC(CN2CCCC(C(F)(F)F)C2)C(F)(F)F)C(F)(F)F)C1. The van der Waals surface area contributed by atoms with Crippen LogP contribution in [0.2, 0.25) is 0 Å². The van der Waals surface area contributed by atoms with Crippen molar-refractivity contribution in [3.8, 4) is 0 Å². The zero-order chi connectivity index (χ0) is 25.2. The molecule has 2 saturated heterocycles. The lowest BCUT2D eigenvalue weighted by molar-refractivity contribution is -0.292. The molecule has 0 aromatic carbocycles. The predicted molar refractivity (Wildman–Crippen MR) is 91.2 cm³/mol. The Morgan fingerprint density at radius 2 is 0.939 bits per heavy atom. The molecule has 3 nitrogen and oxygen atoms in total. The van der Waals surface area contributed by atoms with Gasteiger partial charge in [-0.15, -0.1) is 0 Å². The van der Waals surface area contributed by atoms with Gasteiger partial charge in [0.2, 0.25) is 0 Å². The quantitative estimate of drug-likeness (QED) is 0.443. The van der Waals surface area contributed by atoms with Gasteiger partial charge in [-0.2, -0.15) is 52.7 Å². The molecule has 0 aromatic heterocycles. The van der Waals surface area contributed by atoms with E-state index in [0.29, 0.717) is 0 Å². The van der Waals surface area contributed by atoms with Crippen molar-refractivity contribution in [3.63, 3.8) is 0 Å². The number of ether oxygens (including phenoxy) is 1. The van der Waals surface area contributed by atoms with E-state index >= 15 is 0 Å². The van der Waals surface area contributed by atoms with Crippen LogP contribution in [0.4, 0.5) is 52.7 Å². The molecule has 0 saturated carbocycles. The smallest absolute Gasteiger partial charge is 0.353 e. The minimum Gasteiger partial charge on any atom is -0.353 e. The third-order valence-electron chi connectivity index (χ3n) is 5.84. The molecule has 4 unspecified atom stereocenters. The van der Waals surface area contributed by atoms with Crippen LogP contribution in [-0.2, 0) is 4.74 Å². The average Bonchev–Trinajstić information content (AvgIpc) is 2.64. The number of halogens is 12. The van der Waals surface area contributed by atoms with Crippen molar-refractivity contribution in [2.75, 3.05) is 39.3 Å². The molecular weight excluding hydrogens is 488 g/mol. The lowest BCUT2D eigenvalue weighted by Crippen LogP contribution is -2.54. The highest BCUT2D eigenvalue weighted by Crippen LogP contribution is 2.37. The van der Waals surface area contributed by atoms with Crippen LogP contribution < -0.4 is 0 Å². The Hall–Kier alpha value is -0.960. The molecule has 0 N–H and O–H groups in total. The first-order valence-corrected chi connectivity index (χ1v) is 10.2. The van der Waals surface area contributed by atoms with Gasteiger partial charge < -0.3 is 4.74 Å². The first-order valence-electron chi connectivity index (χ1n) is 10.2. The molecule has 0 bridgehead atoms. The van der Waals surface area contributed by atoms with Gasteiger partial charge in [-0.25, -0.2) is 0 Å². The Balaban J connectivity index is 2.11. The highest BCUT2D eigenvalue weighted by molar-refractivity contribution is 4.86. The predicted octanol–water partition coefficient (Wildman–Crippen LogP) is 5.41. The fraction of sp³-hybridized carbons (Fsp3) is 1.00. The second-order valence-corrected chi connectivity index (χ2v) is 8.48. The molecule has 196 valence electrons. The number of nitrogens with zero attached hydrogens (tertiary/aromatic N) is 2. The van der Waals surface area contributed by atoms with E-state index in [1.54, 1.807) is 0 Å². The average molecular weight is 512 g/mol. The Bertz CT molecular complexity index is 564. The van der Waals surface area contributed by atoms with Crippen LogP contribution in [0.3, 0.4) is 0 Å². The van der Waals surface area contributed by atoms with E-state index in [2.05, 4.69) is 4.74 Å². The van der Waals surface area contributed by atoms with Crippen molar-refractivity contribution in [3.05, 3.63) is 0 Å². The van der Waals surface area contributed by atoms with Gasteiger partial charge in [0, 0.05) is 26.2 Å². The number of likely N-dealkylation sites (tertiary alicyclic amines) is 2. The monoisotopic (exact) mass is 512 g/mol. The van der Waals surface area contributed by atoms with Crippen molar-refractivity contribution >= 4 is 0 Å². The minimum atomic E-state index is -5.33. The molecule has 0 amide bonds. The van der Waals surface area contributed by atoms with Gasteiger partial charge in [0.1, 0.15) is 0 Å². The van der Waals surface area contributed by atoms with E-state index in [1.165, 1.54) is 0 Å². The van der Waals surface area contributed by atoms with Gasteiger partial charge in [-0.05, 0) is 38.8 Å². The lowest BCUT2D eigenvalue weighted by Gasteiger charge is -2.39. The number of rotatable bonds is 6. The summed E-state index contributed by atoms with van der Waals surface area (Å²) < 4.78 is 163. The molecule has 2 aliphatic heterocycles. The molecule has 2 aliphatic rings. The summed E-state index contributed by atoms with van der Waals surface area (Å²) in [5.74, 6) is -3.82. The maximum atomic E-state index is 13.4. The molecule has 0 spiro atoms. The lowest BCUT2D eigenvalue weighted by atomic mass is 9.97. The number of alkyl halides is 12. The van der Waals surface area contributed by atoms with E-state index in [9.17, 15) is 52.7 Å². The molecule has 33 heavy (non-hydrogen) atoms. The van der Waals surface area contributed by atoms with Gasteiger partial charge in [-0.1, -0.05) is 0 Å². The molecular formula is C18H24F12N2O. The first kappa shape index (κ1) is 28.3. The zero-order valence-corrected chi connectivity index (χ0v) is 17.2. The van der Waals surface area contributed by atoms with E-state index in [0.717, 1.165) is 9.80 Å².